The molecule has 206 valence electrons. The highest BCUT2D eigenvalue weighted by molar-refractivity contribution is 6.30. The molecule has 2 bridgehead atoms. The minimum absolute atomic E-state index is 0.216. The molecule has 1 amide bonds. The Hall–Kier alpha value is -2.95. The van der Waals surface area contributed by atoms with Gasteiger partial charge in [-0.25, -0.2) is 14.8 Å². The highest BCUT2D eigenvalue weighted by Crippen LogP contribution is 2.44. The van der Waals surface area contributed by atoms with Gasteiger partial charge in [-0.1, -0.05) is 31.4 Å². The van der Waals surface area contributed by atoms with Gasteiger partial charge in [-0.3, -0.25) is 10.3 Å². The fourth-order valence-electron chi connectivity index (χ4n) is 7.12. The first-order valence-electron chi connectivity index (χ1n) is 14.0. The molecular weight excluding hydrogens is 518 g/mol. The van der Waals surface area contributed by atoms with Crippen LogP contribution in [0.1, 0.15) is 63.7 Å². The van der Waals surface area contributed by atoms with Crippen LogP contribution >= 0.6 is 11.6 Å². The second-order valence-corrected chi connectivity index (χ2v) is 12.0. The summed E-state index contributed by atoms with van der Waals surface area (Å²) in [7, 11) is 1.82. The van der Waals surface area contributed by atoms with Gasteiger partial charge in [-0.05, 0) is 56.1 Å². The van der Waals surface area contributed by atoms with Crippen LogP contribution in [0.25, 0.3) is 22.3 Å². The van der Waals surface area contributed by atoms with Gasteiger partial charge in [0.2, 0.25) is 5.95 Å². The van der Waals surface area contributed by atoms with Gasteiger partial charge < -0.3 is 19.0 Å². The Morgan fingerprint density at radius 1 is 1.13 bits per heavy atom. The number of amides is 1. The normalized spacial score (nSPS) is 30.2. The lowest BCUT2D eigenvalue weighted by atomic mass is 9.83. The van der Waals surface area contributed by atoms with E-state index in [1.54, 1.807) is 12.4 Å². The molecule has 7 rings (SSSR count). The van der Waals surface area contributed by atoms with E-state index >= 15 is 0 Å². The van der Waals surface area contributed by atoms with E-state index in [1.165, 1.54) is 25.7 Å². The van der Waals surface area contributed by atoms with Gasteiger partial charge in [0.05, 0.1) is 39.6 Å². The molecule has 2 N–H and O–H groups in total. The van der Waals surface area contributed by atoms with Crippen LogP contribution in [0.2, 0.25) is 5.02 Å². The lowest BCUT2D eigenvalue weighted by molar-refractivity contribution is 0.0835. The predicted octanol–water partition coefficient (Wildman–Crippen LogP) is 4.97. The smallest absolute Gasteiger partial charge is 0.379 e. The fraction of sp³-hybridized carbons (Fsp3) is 0.571. The number of anilines is 1. The number of aromatic nitrogens is 4. The number of hydrogen-bond acceptors (Lipinski definition) is 8. The molecule has 0 aromatic carbocycles. The van der Waals surface area contributed by atoms with Gasteiger partial charge in [0.15, 0.2) is 6.17 Å². The van der Waals surface area contributed by atoms with E-state index in [-0.39, 0.29) is 6.10 Å². The van der Waals surface area contributed by atoms with Crippen LogP contribution in [0, 0.1) is 11.8 Å². The molecule has 0 radical (unpaired) electrons. The van der Waals surface area contributed by atoms with E-state index < -0.39 is 12.3 Å². The first-order chi connectivity index (χ1) is 19.0. The van der Waals surface area contributed by atoms with E-state index in [9.17, 15) is 4.79 Å². The molecule has 3 saturated heterocycles. The summed E-state index contributed by atoms with van der Waals surface area (Å²) in [5.41, 5.74) is 6.71. The van der Waals surface area contributed by atoms with Crippen LogP contribution in [-0.4, -0.2) is 50.9 Å². The van der Waals surface area contributed by atoms with Gasteiger partial charge in [0, 0.05) is 37.7 Å². The van der Waals surface area contributed by atoms with E-state index in [2.05, 4.69) is 32.2 Å². The molecule has 0 spiro atoms. The van der Waals surface area contributed by atoms with Crippen LogP contribution in [0.15, 0.2) is 24.5 Å². The summed E-state index contributed by atoms with van der Waals surface area (Å²) in [6.07, 6.45) is 10.7. The van der Waals surface area contributed by atoms with Crippen molar-refractivity contribution in [1.29, 1.82) is 0 Å². The molecule has 1 saturated carbocycles. The van der Waals surface area contributed by atoms with E-state index in [0.717, 1.165) is 60.0 Å². The third kappa shape index (κ3) is 4.42. The van der Waals surface area contributed by atoms with Crippen LogP contribution in [0.3, 0.4) is 0 Å². The first-order valence-corrected chi connectivity index (χ1v) is 14.4. The molecule has 4 unspecified atom stereocenters. The SMILES string of the molecule is COC1CC2CCC1N2c1nc2cc(C3NOC(=O)N3)nc(-c3cncc(Cl)c3)c2n1CC1CCC(C)CC1. The van der Waals surface area contributed by atoms with Crippen LogP contribution < -0.4 is 15.7 Å². The second-order valence-electron chi connectivity index (χ2n) is 11.6. The molecule has 11 heteroatoms. The van der Waals surface area contributed by atoms with E-state index in [0.29, 0.717) is 28.7 Å². The third-order valence-electron chi connectivity index (χ3n) is 9.12. The number of carbonyl (C=O) groups excluding carboxylic acids is 1. The minimum atomic E-state index is -0.581. The Bertz CT molecular complexity index is 1410. The molecule has 3 aromatic rings. The Morgan fingerprint density at radius 3 is 2.69 bits per heavy atom. The number of carbonyl (C=O) groups is 1. The summed E-state index contributed by atoms with van der Waals surface area (Å²) < 4.78 is 8.31. The average Bonchev–Trinajstić information content (AvgIpc) is 3.71. The molecular formula is C28H34ClN7O3. The topological polar surface area (TPSA) is 106 Å². The average molecular weight is 552 g/mol. The van der Waals surface area contributed by atoms with Gasteiger partial charge in [0.25, 0.3) is 0 Å². The highest BCUT2D eigenvalue weighted by Gasteiger charge is 2.48. The Balaban J connectivity index is 1.42. The molecule has 3 aromatic heterocycles. The predicted molar refractivity (Wildman–Crippen MR) is 147 cm³/mol. The van der Waals surface area contributed by atoms with Crippen molar-refractivity contribution in [1.82, 2.24) is 30.3 Å². The Kier molecular flexibility index (Phi) is 6.36. The standard InChI is InChI=1S/C28H34ClN7O3/c1-15-3-5-16(6-4-15)14-35-25-20(32-27(35)36-19-7-8-22(36)23(10-19)38-2)11-21(26-33-28(37)39-34-26)31-24(25)17-9-18(29)13-30-12-17/h9,11-13,15-16,19,22-23,26,34H,3-8,10,14H2,1-2H3,(H,33,37). The highest BCUT2D eigenvalue weighted by atomic mass is 35.5. The summed E-state index contributed by atoms with van der Waals surface area (Å²) in [6.45, 7) is 3.24. The first kappa shape index (κ1) is 25.0. The van der Waals surface area contributed by atoms with Crippen molar-refractivity contribution < 1.29 is 14.4 Å². The minimum Gasteiger partial charge on any atom is -0.379 e. The van der Waals surface area contributed by atoms with Gasteiger partial charge in [0.1, 0.15) is 0 Å². The largest absolute Gasteiger partial charge is 0.427 e. The number of nitrogens with zero attached hydrogens (tertiary/aromatic N) is 5. The number of methoxy groups -OCH3 is 1. The zero-order valence-corrected chi connectivity index (χ0v) is 23.0. The number of imidazole rings is 1. The van der Waals surface area contributed by atoms with Crippen molar-refractivity contribution in [2.24, 2.45) is 11.8 Å². The van der Waals surface area contributed by atoms with Crippen LogP contribution in [0.4, 0.5) is 10.7 Å². The molecule has 3 aliphatic heterocycles. The van der Waals surface area contributed by atoms with Crippen molar-refractivity contribution in [2.75, 3.05) is 12.0 Å². The van der Waals surface area contributed by atoms with Crippen molar-refractivity contribution in [3.8, 4) is 11.3 Å². The lowest BCUT2D eigenvalue weighted by Gasteiger charge is -2.30. The molecule has 1 aliphatic carbocycles. The molecule has 4 aliphatic rings. The molecule has 10 nitrogen and oxygen atoms in total. The third-order valence-corrected chi connectivity index (χ3v) is 9.33. The fourth-order valence-corrected chi connectivity index (χ4v) is 7.29. The number of fused-ring (bicyclic) bond motifs is 3. The number of pyridine rings is 2. The van der Waals surface area contributed by atoms with Crippen LogP contribution in [-0.2, 0) is 16.1 Å². The summed E-state index contributed by atoms with van der Waals surface area (Å²) in [5, 5.41) is 3.31. The molecule has 4 atom stereocenters. The zero-order chi connectivity index (χ0) is 26.7. The van der Waals surface area contributed by atoms with Crippen molar-refractivity contribution in [3.63, 3.8) is 0 Å². The molecule has 6 heterocycles. The zero-order valence-electron chi connectivity index (χ0n) is 22.3. The maximum atomic E-state index is 11.8. The Morgan fingerprint density at radius 2 is 1.97 bits per heavy atom. The Labute approximate surface area is 232 Å². The molecule has 4 fully saturated rings. The van der Waals surface area contributed by atoms with Crippen LogP contribution in [0.5, 0.6) is 0 Å². The van der Waals surface area contributed by atoms with Crippen molar-refractivity contribution >= 4 is 34.7 Å². The maximum absolute atomic E-state index is 11.8. The number of ether oxygens (including phenoxy) is 1. The summed E-state index contributed by atoms with van der Waals surface area (Å²) >= 11 is 6.40. The molecule has 39 heavy (non-hydrogen) atoms. The summed E-state index contributed by atoms with van der Waals surface area (Å²) in [6, 6.07) is 4.57. The number of hydrogen-bond donors (Lipinski definition) is 2. The number of rotatable bonds is 6. The van der Waals surface area contributed by atoms with Gasteiger partial charge in [-0.15, -0.1) is 5.48 Å². The summed E-state index contributed by atoms with van der Waals surface area (Å²) in [5.74, 6) is 2.35. The number of hydroxylamine groups is 1. The second kappa shape index (κ2) is 9.91. The van der Waals surface area contributed by atoms with Crippen molar-refractivity contribution in [2.45, 2.75) is 82.8 Å². The monoisotopic (exact) mass is 551 g/mol. The number of halogens is 1. The van der Waals surface area contributed by atoms with Gasteiger partial charge in [-0.2, -0.15) is 0 Å². The quantitative estimate of drug-likeness (QED) is 0.442. The van der Waals surface area contributed by atoms with E-state index in [4.69, 9.17) is 31.1 Å². The van der Waals surface area contributed by atoms with Crippen molar-refractivity contribution in [3.05, 3.63) is 35.2 Å². The summed E-state index contributed by atoms with van der Waals surface area (Å²) in [4.78, 5) is 34.0. The number of nitrogens with one attached hydrogen (secondary N) is 2. The lowest BCUT2D eigenvalue weighted by Crippen LogP contribution is -2.35. The van der Waals surface area contributed by atoms with Gasteiger partial charge >= 0.3 is 6.09 Å². The maximum Gasteiger partial charge on any atom is 0.427 e. The van der Waals surface area contributed by atoms with E-state index in [1.807, 2.05) is 19.2 Å².